The molecule has 0 radical (unpaired) electrons. The first-order chi connectivity index (χ1) is 15.0. The lowest BCUT2D eigenvalue weighted by Gasteiger charge is -2.24. The van der Waals surface area contributed by atoms with E-state index < -0.39 is 0 Å². The number of nitrogens with zero attached hydrogens (tertiary/aromatic N) is 6. The van der Waals surface area contributed by atoms with Crippen LogP contribution in [0.25, 0.3) is 11.2 Å². The number of aryl methyl sites for hydroxylation is 1. The Morgan fingerprint density at radius 1 is 1.13 bits per heavy atom. The Morgan fingerprint density at radius 2 is 1.97 bits per heavy atom. The molecule has 2 fully saturated rings. The van der Waals surface area contributed by atoms with Crippen molar-refractivity contribution in [2.75, 3.05) is 17.2 Å². The fourth-order valence-electron chi connectivity index (χ4n) is 4.34. The van der Waals surface area contributed by atoms with E-state index in [-0.39, 0.29) is 6.23 Å². The predicted octanol–water partition coefficient (Wildman–Crippen LogP) is 4.57. The molecule has 2 unspecified atom stereocenters. The molecule has 1 saturated heterocycles. The van der Waals surface area contributed by atoms with E-state index in [2.05, 4.69) is 48.4 Å². The molecule has 2 N–H and O–H groups in total. The van der Waals surface area contributed by atoms with Crippen molar-refractivity contribution in [3.8, 4) is 0 Å². The van der Waals surface area contributed by atoms with E-state index in [4.69, 9.17) is 14.7 Å². The van der Waals surface area contributed by atoms with E-state index in [1.165, 1.54) is 12.8 Å². The molecule has 4 heterocycles. The zero-order valence-corrected chi connectivity index (χ0v) is 18.8. The van der Waals surface area contributed by atoms with Gasteiger partial charge in [0.15, 0.2) is 22.8 Å². The van der Waals surface area contributed by atoms with Crippen molar-refractivity contribution in [2.45, 2.75) is 78.1 Å². The molecule has 0 spiro atoms. The van der Waals surface area contributed by atoms with Gasteiger partial charge in [0, 0.05) is 30.5 Å². The second kappa shape index (κ2) is 8.11. The van der Waals surface area contributed by atoms with Gasteiger partial charge in [-0.15, -0.1) is 0 Å². The Labute approximate surface area is 182 Å². The average molecular weight is 425 g/mol. The summed E-state index contributed by atoms with van der Waals surface area (Å²) in [5.74, 6) is 2.73. The Bertz CT molecular complexity index is 1060. The van der Waals surface area contributed by atoms with E-state index in [0.29, 0.717) is 23.9 Å². The topological polar surface area (TPSA) is 94.7 Å². The third-order valence-corrected chi connectivity index (χ3v) is 6.23. The summed E-state index contributed by atoms with van der Waals surface area (Å²) in [5, 5.41) is 11.6. The molecule has 9 heteroatoms. The molecule has 31 heavy (non-hydrogen) atoms. The summed E-state index contributed by atoms with van der Waals surface area (Å²) < 4.78 is 10.1. The lowest BCUT2D eigenvalue weighted by molar-refractivity contribution is -0.0298. The standard InChI is InChI=1S/C22H32N8O/c1-13(2)30-14(3)11-17(28-30)25-22-26-20(24-15(4)16-8-9-16)19-21(27-22)29(12-23-19)18-7-5-6-10-31-18/h11-13,15-16,18H,5-10H2,1-4H3,(H2,24,25,26,27,28). The summed E-state index contributed by atoms with van der Waals surface area (Å²) in [4.78, 5) is 14.3. The van der Waals surface area contributed by atoms with Crippen LogP contribution in [0.1, 0.15) is 70.8 Å². The van der Waals surface area contributed by atoms with E-state index in [1.807, 2.05) is 21.6 Å². The highest BCUT2D eigenvalue weighted by atomic mass is 16.5. The van der Waals surface area contributed by atoms with E-state index >= 15 is 0 Å². The second-order valence-electron chi connectivity index (χ2n) is 9.15. The van der Waals surface area contributed by atoms with Gasteiger partial charge in [0.2, 0.25) is 5.95 Å². The van der Waals surface area contributed by atoms with Gasteiger partial charge in [-0.3, -0.25) is 9.25 Å². The van der Waals surface area contributed by atoms with Crippen molar-refractivity contribution in [2.24, 2.45) is 5.92 Å². The monoisotopic (exact) mass is 424 g/mol. The highest BCUT2D eigenvalue weighted by Crippen LogP contribution is 2.35. The van der Waals surface area contributed by atoms with Gasteiger partial charge in [0.1, 0.15) is 6.23 Å². The number of nitrogens with one attached hydrogen (secondary N) is 2. The van der Waals surface area contributed by atoms with Gasteiger partial charge in [-0.05, 0) is 65.7 Å². The van der Waals surface area contributed by atoms with Crippen molar-refractivity contribution in [1.29, 1.82) is 0 Å². The molecule has 0 bridgehead atoms. The summed E-state index contributed by atoms with van der Waals surface area (Å²) in [6.07, 6.45) is 7.57. The quantitative estimate of drug-likeness (QED) is 0.574. The van der Waals surface area contributed by atoms with Gasteiger partial charge in [0.05, 0.1) is 6.33 Å². The molecule has 0 amide bonds. The van der Waals surface area contributed by atoms with Crippen LogP contribution in [-0.2, 0) is 4.74 Å². The summed E-state index contributed by atoms with van der Waals surface area (Å²) in [6.45, 7) is 9.29. The number of imidazole rings is 1. The lowest BCUT2D eigenvalue weighted by atomic mass is 10.2. The summed E-state index contributed by atoms with van der Waals surface area (Å²) in [7, 11) is 0. The van der Waals surface area contributed by atoms with Crippen molar-refractivity contribution in [1.82, 2.24) is 29.3 Å². The van der Waals surface area contributed by atoms with Crippen LogP contribution in [0.15, 0.2) is 12.4 Å². The van der Waals surface area contributed by atoms with Gasteiger partial charge in [0.25, 0.3) is 0 Å². The van der Waals surface area contributed by atoms with Crippen LogP contribution in [0.2, 0.25) is 0 Å². The molecule has 3 aromatic rings. The first-order valence-electron chi connectivity index (χ1n) is 11.5. The van der Waals surface area contributed by atoms with Gasteiger partial charge >= 0.3 is 0 Å². The minimum absolute atomic E-state index is 0.0300. The minimum atomic E-state index is -0.0300. The van der Waals surface area contributed by atoms with Crippen LogP contribution in [0.4, 0.5) is 17.6 Å². The number of aromatic nitrogens is 6. The molecule has 1 aliphatic carbocycles. The normalized spacial score (nSPS) is 20.4. The largest absolute Gasteiger partial charge is 0.365 e. The number of ether oxygens (including phenoxy) is 1. The van der Waals surface area contributed by atoms with Crippen LogP contribution >= 0.6 is 0 Å². The van der Waals surface area contributed by atoms with Crippen molar-refractivity contribution in [3.63, 3.8) is 0 Å². The van der Waals surface area contributed by atoms with Gasteiger partial charge < -0.3 is 15.4 Å². The van der Waals surface area contributed by atoms with Gasteiger partial charge in [-0.2, -0.15) is 15.1 Å². The molecule has 2 aliphatic rings. The fraction of sp³-hybridized carbons (Fsp3) is 0.636. The predicted molar refractivity (Wildman–Crippen MR) is 121 cm³/mol. The molecule has 5 rings (SSSR count). The fourth-order valence-corrected chi connectivity index (χ4v) is 4.34. The number of hydrogen-bond donors (Lipinski definition) is 2. The number of hydrogen-bond acceptors (Lipinski definition) is 7. The molecular formula is C22H32N8O. The third-order valence-electron chi connectivity index (χ3n) is 6.23. The SMILES string of the molecule is Cc1cc(Nc2nc(NC(C)C3CC3)c3ncn(C4CCCCO4)c3n2)nn1C(C)C. The van der Waals surface area contributed by atoms with Crippen molar-refractivity contribution < 1.29 is 4.74 Å². The van der Waals surface area contributed by atoms with Crippen LogP contribution in [0.5, 0.6) is 0 Å². The molecule has 9 nitrogen and oxygen atoms in total. The van der Waals surface area contributed by atoms with Crippen LogP contribution in [0, 0.1) is 12.8 Å². The van der Waals surface area contributed by atoms with Gasteiger partial charge in [-0.1, -0.05) is 0 Å². The maximum absolute atomic E-state index is 6.01. The zero-order valence-electron chi connectivity index (χ0n) is 18.8. The number of fused-ring (bicyclic) bond motifs is 1. The summed E-state index contributed by atoms with van der Waals surface area (Å²) in [6, 6.07) is 2.67. The van der Waals surface area contributed by atoms with Crippen molar-refractivity contribution >= 4 is 28.7 Å². The number of rotatable bonds is 7. The summed E-state index contributed by atoms with van der Waals surface area (Å²) >= 11 is 0. The van der Waals surface area contributed by atoms with Gasteiger partial charge in [-0.25, -0.2) is 4.98 Å². The van der Waals surface area contributed by atoms with Crippen LogP contribution in [0.3, 0.4) is 0 Å². The number of anilines is 3. The maximum Gasteiger partial charge on any atom is 0.232 e. The third kappa shape index (κ3) is 4.11. The first-order valence-corrected chi connectivity index (χ1v) is 11.5. The molecule has 1 aliphatic heterocycles. The Balaban J connectivity index is 1.52. The summed E-state index contributed by atoms with van der Waals surface area (Å²) in [5.41, 5.74) is 2.67. The second-order valence-corrected chi connectivity index (χ2v) is 9.15. The highest BCUT2D eigenvalue weighted by Gasteiger charge is 2.29. The Morgan fingerprint density at radius 3 is 2.65 bits per heavy atom. The van der Waals surface area contributed by atoms with Crippen LogP contribution < -0.4 is 10.6 Å². The maximum atomic E-state index is 6.01. The molecule has 2 atom stereocenters. The van der Waals surface area contributed by atoms with E-state index in [0.717, 1.165) is 54.4 Å². The van der Waals surface area contributed by atoms with E-state index in [1.54, 1.807) is 0 Å². The molecular weight excluding hydrogens is 392 g/mol. The van der Waals surface area contributed by atoms with E-state index in [9.17, 15) is 0 Å². The molecule has 0 aromatic carbocycles. The Kier molecular flexibility index (Phi) is 5.29. The van der Waals surface area contributed by atoms with Crippen molar-refractivity contribution in [3.05, 3.63) is 18.1 Å². The smallest absolute Gasteiger partial charge is 0.232 e. The lowest BCUT2D eigenvalue weighted by Crippen LogP contribution is -2.20. The average Bonchev–Trinajstić information content (AvgIpc) is 3.42. The van der Waals surface area contributed by atoms with Crippen LogP contribution in [-0.4, -0.2) is 41.9 Å². The molecule has 166 valence electrons. The molecule has 1 saturated carbocycles. The Hall–Kier alpha value is -2.68. The highest BCUT2D eigenvalue weighted by molar-refractivity contribution is 5.85. The first kappa shape index (κ1) is 20.2. The minimum Gasteiger partial charge on any atom is -0.365 e. The zero-order chi connectivity index (χ0) is 21.5. The molecule has 3 aromatic heterocycles.